The lowest BCUT2D eigenvalue weighted by atomic mass is 10.9. The summed E-state index contributed by atoms with van der Waals surface area (Å²) >= 11 is 0. The zero-order valence-corrected chi connectivity index (χ0v) is 10.9. The number of hydrogen-bond donors (Lipinski definition) is 5. The molecule has 0 aliphatic carbocycles. The summed E-state index contributed by atoms with van der Waals surface area (Å²) in [6.07, 6.45) is -1.57. The van der Waals surface area contributed by atoms with Gasteiger partial charge in [0, 0.05) is 6.16 Å². The molecule has 17 N–H and O–H groups in total. The monoisotopic (exact) mass is 274 g/mol. The first kappa shape index (κ1) is 29.4. The van der Waals surface area contributed by atoms with E-state index < -0.39 is 27.2 Å². The van der Waals surface area contributed by atoms with Gasteiger partial charge in [-0.1, -0.05) is 7.60 Å². The summed E-state index contributed by atoms with van der Waals surface area (Å²) in [6.45, 7) is 0. The van der Waals surface area contributed by atoms with E-state index in [1.165, 1.54) is 0 Å². The molecule has 15 heavy (non-hydrogen) atoms. The van der Waals surface area contributed by atoms with Gasteiger partial charge in [-0.25, -0.2) is 0 Å². The molecule has 0 saturated carbocycles. The topological polar surface area (TPSA) is 293 Å². The summed E-state index contributed by atoms with van der Waals surface area (Å²) < 4.78 is 19.6. The Morgan fingerprint density at radius 2 is 1.20 bits per heavy atom. The third kappa shape index (κ3) is 16.8. The van der Waals surface area contributed by atoms with E-state index in [1.54, 1.807) is 0 Å². The first-order valence-electron chi connectivity index (χ1n) is 2.34. The van der Waals surface area contributed by atoms with E-state index >= 15 is 0 Å². The molecule has 0 aromatic carbocycles. The molecular weight excluding hydrogens is 254 g/mol. The van der Waals surface area contributed by atoms with Crippen LogP contribution in [0.4, 0.5) is 0 Å². The second-order valence-electron chi connectivity index (χ2n) is 1.81. The normalized spacial score (nSPS) is 12.1. The Bertz CT molecular complexity index is 223. The molecular formula is C2H20N4O7P2. The van der Waals surface area contributed by atoms with Crippen LogP contribution in [0.15, 0.2) is 0 Å². The van der Waals surface area contributed by atoms with Gasteiger partial charge in [0.05, 0.1) is 5.85 Å². The number of aliphatic hydroxyl groups excluding tert-OH is 1. The maximum atomic E-state index is 9.83. The molecule has 1 atom stereocenters. The first-order valence-corrected chi connectivity index (χ1v) is 5.68. The summed E-state index contributed by atoms with van der Waals surface area (Å²) in [5.41, 5.74) is 0. The quantitative estimate of drug-likeness (QED) is 0.348. The molecule has 0 radical (unpaired) electrons. The molecule has 0 rings (SSSR count). The van der Waals surface area contributed by atoms with Crippen molar-refractivity contribution in [3.05, 3.63) is 0 Å². The van der Waals surface area contributed by atoms with Crippen molar-refractivity contribution in [2.75, 3.05) is 6.16 Å². The fourth-order valence-electron chi connectivity index (χ4n) is 0.300. The van der Waals surface area contributed by atoms with Crippen molar-refractivity contribution in [3.63, 3.8) is 0 Å². The highest BCUT2D eigenvalue weighted by molar-refractivity contribution is 7.53. The van der Waals surface area contributed by atoms with Gasteiger partial charge in [0.1, 0.15) is 0 Å². The fraction of sp³-hybridized carbons (Fsp3) is 1.00. The first-order chi connectivity index (χ1) is 4.63. The Morgan fingerprint density at radius 3 is 1.27 bits per heavy atom. The lowest BCUT2D eigenvalue weighted by Gasteiger charge is -2.40. The lowest BCUT2D eigenvalue weighted by molar-refractivity contribution is -0.328. The van der Waals surface area contributed by atoms with Gasteiger partial charge in [-0.05, 0) is 7.60 Å². The van der Waals surface area contributed by atoms with Crippen molar-refractivity contribution in [1.82, 2.24) is 24.6 Å². The molecule has 0 fully saturated rings. The van der Waals surface area contributed by atoms with Gasteiger partial charge in [-0.2, -0.15) is 0 Å². The van der Waals surface area contributed by atoms with Crippen LogP contribution in [0.5, 0.6) is 0 Å². The maximum absolute atomic E-state index is 9.83. The average Bonchev–Trinajstić information content (AvgIpc) is 1.56. The average molecular weight is 274 g/mol. The molecule has 13 heteroatoms. The van der Waals surface area contributed by atoms with Gasteiger partial charge >= 0.3 is 0 Å². The summed E-state index contributed by atoms with van der Waals surface area (Å²) in [4.78, 5) is 39.3. The molecule has 0 saturated heterocycles. The van der Waals surface area contributed by atoms with Crippen molar-refractivity contribution >= 4 is 15.2 Å². The second kappa shape index (κ2) is 9.33. The molecule has 0 aliphatic rings. The van der Waals surface area contributed by atoms with E-state index in [0.29, 0.717) is 0 Å². The van der Waals surface area contributed by atoms with Gasteiger partial charge in [-0.3, -0.25) is 0 Å². The van der Waals surface area contributed by atoms with E-state index in [0.717, 1.165) is 0 Å². The smallest absolute Gasteiger partial charge is 0.0853 e. The lowest BCUT2D eigenvalue weighted by Crippen LogP contribution is -2.32. The molecule has 1 unspecified atom stereocenters. The Balaban J connectivity index is -0.0000000833. The molecule has 0 heterocycles. The highest BCUT2D eigenvalue weighted by atomic mass is 31.2. The number of quaternary nitrogens is 4. The van der Waals surface area contributed by atoms with Crippen LogP contribution in [0, 0.1) is 0 Å². The van der Waals surface area contributed by atoms with Crippen molar-refractivity contribution in [3.8, 4) is 0 Å². The Kier molecular flexibility index (Phi) is 18.3. The molecule has 11 nitrogen and oxygen atoms in total. The third-order valence-electron chi connectivity index (χ3n) is 0.752. The number of aliphatic hydroxyl groups is 1. The largest absolute Gasteiger partial charge is 0.811 e. The van der Waals surface area contributed by atoms with E-state index in [-0.39, 0.29) is 24.6 Å². The van der Waals surface area contributed by atoms with Crippen molar-refractivity contribution in [1.29, 1.82) is 0 Å². The van der Waals surface area contributed by atoms with E-state index in [9.17, 15) is 28.7 Å². The van der Waals surface area contributed by atoms with Crippen LogP contribution in [0.2, 0.25) is 0 Å². The summed E-state index contributed by atoms with van der Waals surface area (Å²) in [5, 5.41) is 8.26. The van der Waals surface area contributed by atoms with Crippen molar-refractivity contribution in [2.24, 2.45) is 0 Å². The van der Waals surface area contributed by atoms with Crippen LogP contribution in [0.3, 0.4) is 0 Å². The van der Waals surface area contributed by atoms with Crippen LogP contribution in [0.1, 0.15) is 0 Å². The van der Waals surface area contributed by atoms with Crippen molar-refractivity contribution in [2.45, 2.75) is 5.85 Å². The van der Waals surface area contributed by atoms with Crippen LogP contribution < -0.4 is 44.2 Å². The van der Waals surface area contributed by atoms with Crippen molar-refractivity contribution < 1.29 is 33.8 Å². The standard InChI is InChI=1S/C2H8O7P2.4H3N/c3-2(11(7,8)9)1-10(4,5)6;;;;/h2-3H,1H2,(H2,4,5,6)(H2,7,8,9);4*1H3. The molecule has 0 bridgehead atoms. The SMILES string of the molecule is O=P([O-])([O-])CC(O)P(=O)([O-])[O-].[NH4+].[NH4+].[NH4+].[NH4+]. The minimum atomic E-state index is -5.37. The van der Waals surface area contributed by atoms with Gasteiger partial charge in [0.25, 0.3) is 0 Å². The zero-order chi connectivity index (χ0) is 9.28. The Hall–Kier alpha value is 0.1000. The molecule has 0 spiro atoms. The van der Waals surface area contributed by atoms with Crippen LogP contribution in [-0.2, 0) is 9.13 Å². The van der Waals surface area contributed by atoms with Crippen LogP contribution >= 0.6 is 15.2 Å². The predicted molar refractivity (Wildman–Crippen MR) is 50.0 cm³/mol. The van der Waals surface area contributed by atoms with Gasteiger partial charge < -0.3 is 58.4 Å². The second-order valence-corrected chi connectivity index (χ2v) is 5.08. The minimum absolute atomic E-state index is 0. The minimum Gasteiger partial charge on any atom is -0.811 e. The Labute approximate surface area is 86.5 Å². The molecule has 0 aromatic heterocycles. The third-order valence-corrected chi connectivity index (χ3v) is 2.75. The predicted octanol–water partition coefficient (Wildman–Crippen LogP) is -2.36. The van der Waals surface area contributed by atoms with E-state index in [4.69, 9.17) is 5.11 Å². The summed E-state index contributed by atoms with van der Waals surface area (Å²) in [7, 11) is -10.5. The van der Waals surface area contributed by atoms with Gasteiger partial charge in [0.15, 0.2) is 0 Å². The number of hydrogen-bond acceptors (Lipinski definition) is 7. The molecule has 0 aliphatic heterocycles. The summed E-state index contributed by atoms with van der Waals surface area (Å²) in [5.74, 6) is -2.64. The van der Waals surface area contributed by atoms with E-state index in [2.05, 4.69) is 0 Å². The van der Waals surface area contributed by atoms with Crippen LogP contribution in [0.25, 0.3) is 0 Å². The summed E-state index contributed by atoms with van der Waals surface area (Å²) in [6, 6.07) is 0. The molecule has 0 amide bonds. The highest BCUT2D eigenvalue weighted by Crippen LogP contribution is 2.37. The van der Waals surface area contributed by atoms with E-state index in [1.807, 2.05) is 0 Å². The van der Waals surface area contributed by atoms with Crippen LogP contribution in [-0.4, -0.2) is 17.1 Å². The van der Waals surface area contributed by atoms with Gasteiger partial charge in [-0.15, -0.1) is 0 Å². The Morgan fingerprint density at radius 1 is 0.933 bits per heavy atom. The zero-order valence-electron chi connectivity index (χ0n) is 9.08. The molecule has 0 aromatic rings. The maximum Gasteiger partial charge on any atom is 0.0853 e. The van der Waals surface area contributed by atoms with Gasteiger partial charge in [0.2, 0.25) is 0 Å². The molecule has 100 valence electrons. The highest BCUT2D eigenvalue weighted by Gasteiger charge is 2.09. The fourth-order valence-corrected chi connectivity index (χ4v) is 2.10. The number of rotatable bonds is 3.